The largest absolute Gasteiger partial charge is 0.504 e. The number of hydrogen-bond acceptors (Lipinski definition) is 3. The first-order chi connectivity index (χ1) is 11.1. The molecule has 0 aliphatic carbocycles. The summed E-state index contributed by atoms with van der Waals surface area (Å²) in [7, 11) is 1.58. The molecule has 1 heterocycles. The van der Waals surface area contributed by atoms with Crippen molar-refractivity contribution < 1.29 is 9.84 Å². The van der Waals surface area contributed by atoms with E-state index >= 15 is 0 Å². The zero-order valence-corrected chi connectivity index (χ0v) is 14.3. The number of aromatic hydroxyl groups is 1. The lowest BCUT2D eigenvalue weighted by molar-refractivity contribution is 0.203. The molecule has 4 heteroatoms. The van der Waals surface area contributed by atoms with Gasteiger partial charge in [0.05, 0.1) is 7.11 Å². The summed E-state index contributed by atoms with van der Waals surface area (Å²) in [6.07, 6.45) is 2.03. The molecule has 0 spiro atoms. The SMILES string of the molecule is COc1cc(CC[C@@H](C)N2Cc3ccc(Cl)cc3C2)ccc1O. The summed E-state index contributed by atoms with van der Waals surface area (Å²) in [5.41, 5.74) is 3.91. The van der Waals surface area contributed by atoms with Gasteiger partial charge in [-0.2, -0.15) is 0 Å². The van der Waals surface area contributed by atoms with E-state index < -0.39 is 0 Å². The third kappa shape index (κ3) is 3.62. The Labute approximate surface area is 142 Å². The van der Waals surface area contributed by atoms with Crippen LogP contribution in [-0.4, -0.2) is 23.2 Å². The van der Waals surface area contributed by atoms with E-state index in [0.717, 1.165) is 31.0 Å². The molecule has 0 saturated heterocycles. The maximum absolute atomic E-state index is 9.66. The number of methoxy groups -OCH3 is 1. The normalized spacial score (nSPS) is 15.4. The highest BCUT2D eigenvalue weighted by Crippen LogP contribution is 2.30. The van der Waals surface area contributed by atoms with Gasteiger partial charge in [-0.05, 0) is 60.7 Å². The minimum atomic E-state index is 0.191. The quantitative estimate of drug-likeness (QED) is 0.882. The smallest absolute Gasteiger partial charge is 0.160 e. The molecule has 3 nitrogen and oxygen atoms in total. The number of rotatable bonds is 5. The first-order valence-electron chi connectivity index (χ1n) is 7.94. The third-order valence-corrected chi connectivity index (χ3v) is 4.87. The van der Waals surface area contributed by atoms with Crippen molar-refractivity contribution >= 4 is 11.6 Å². The number of halogens is 1. The van der Waals surface area contributed by atoms with Crippen LogP contribution in [0.4, 0.5) is 0 Å². The van der Waals surface area contributed by atoms with E-state index in [0.29, 0.717) is 11.8 Å². The molecule has 3 rings (SSSR count). The van der Waals surface area contributed by atoms with Gasteiger partial charge >= 0.3 is 0 Å². The number of phenolic OH excluding ortho intramolecular Hbond substituents is 1. The Morgan fingerprint density at radius 3 is 2.74 bits per heavy atom. The number of ether oxygens (including phenoxy) is 1. The van der Waals surface area contributed by atoms with Gasteiger partial charge in [0, 0.05) is 24.2 Å². The highest BCUT2D eigenvalue weighted by molar-refractivity contribution is 6.30. The second kappa shape index (κ2) is 6.81. The molecular formula is C19H22ClNO2. The lowest BCUT2D eigenvalue weighted by Crippen LogP contribution is -2.28. The number of benzene rings is 2. The molecule has 2 aromatic carbocycles. The van der Waals surface area contributed by atoms with Crippen molar-refractivity contribution in [3.63, 3.8) is 0 Å². The average Bonchev–Trinajstić information content (AvgIpc) is 2.97. The van der Waals surface area contributed by atoms with Gasteiger partial charge in [0.15, 0.2) is 11.5 Å². The van der Waals surface area contributed by atoms with E-state index in [4.69, 9.17) is 16.3 Å². The highest BCUT2D eigenvalue weighted by atomic mass is 35.5. The third-order valence-electron chi connectivity index (χ3n) is 4.63. The van der Waals surface area contributed by atoms with E-state index in [1.807, 2.05) is 18.2 Å². The Bertz CT molecular complexity index is 702. The van der Waals surface area contributed by atoms with Crippen molar-refractivity contribution in [3.8, 4) is 11.5 Å². The van der Waals surface area contributed by atoms with Crippen LogP contribution in [0.5, 0.6) is 11.5 Å². The minimum Gasteiger partial charge on any atom is -0.504 e. The first-order valence-corrected chi connectivity index (χ1v) is 8.32. The van der Waals surface area contributed by atoms with Crippen LogP contribution in [0.2, 0.25) is 5.02 Å². The Kier molecular flexibility index (Phi) is 4.79. The number of aryl methyl sites for hydroxylation is 1. The van der Waals surface area contributed by atoms with Crippen molar-refractivity contribution in [2.75, 3.05) is 7.11 Å². The molecule has 2 aromatic rings. The number of nitrogens with zero attached hydrogens (tertiary/aromatic N) is 1. The van der Waals surface area contributed by atoms with Gasteiger partial charge in [0.25, 0.3) is 0 Å². The molecule has 0 radical (unpaired) electrons. The summed E-state index contributed by atoms with van der Waals surface area (Å²) in [6.45, 7) is 4.23. The van der Waals surface area contributed by atoms with Gasteiger partial charge in [-0.1, -0.05) is 23.7 Å². The Morgan fingerprint density at radius 1 is 1.17 bits per heavy atom. The number of hydrogen-bond donors (Lipinski definition) is 1. The highest BCUT2D eigenvalue weighted by Gasteiger charge is 2.23. The molecule has 122 valence electrons. The summed E-state index contributed by atoms with van der Waals surface area (Å²) in [5, 5.41) is 10.5. The molecular weight excluding hydrogens is 310 g/mol. The molecule has 0 bridgehead atoms. The van der Waals surface area contributed by atoms with Crippen molar-refractivity contribution in [3.05, 3.63) is 58.1 Å². The van der Waals surface area contributed by atoms with E-state index in [9.17, 15) is 5.11 Å². The summed E-state index contributed by atoms with van der Waals surface area (Å²) in [6, 6.07) is 12.2. The van der Waals surface area contributed by atoms with E-state index in [-0.39, 0.29) is 5.75 Å². The van der Waals surface area contributed by atoms with Crippen molar-refractivity contribution in [2.24, 2.45) is 0 Å². The minimum absolute atomic E-state index is 0.191. The van der Waals surface area contributed by atoms with Gasteiger partial charge in [-0.25, -0.2) is 0 Å². The molecule has 0 amide bonds. The molecule has 0 fully saturated rings. The lowest BCUT2D eigenvalue weighted by atomic mass is 10.0. The zero-order chi connectivity index (χ0) is 16.4. The van der Waals surface area contributed by atoms with Crippen LogP contribution in [0.3, 0.4) is 0 Å². The van der Waals surface area contributed by atoms with E-state index in [2.05, 4.69) is 24.0 Å². The zero-order valence-electron chi connectivity index (χ0n) is 13.6. The van der Waals surface area contributed by atoms with Gasteiger partial charge in [0.1, 0.15) is 0 Å². The molecule has 0 unspecified atom stereocenters. The van der Waals surface area contributed by atoms with Crippen LogP contribution in [0.1, 0.15) is 30.0 Å². The summed E-state index contributed by atoms with van der Waals surface area (Å²) < 4.78 is 5.17. The maximum atomic E-state index is 9.66. The summed E-state index contributed by atoms with van der Waals surface area (Å²) >= 11 is 6.08. The number of phenols is 1. The van der Waals surface area contributed by atoms with Crippen molar-refractivity contribution in [1.29, 1.82) is 0 Å². The second-order valence-corrected chi connectivity index (χ2v) is 6.65. The molecule has 23 heavy (non-hydrogen) atoms. The predicted molar refractivity (Wildman–Crippen MR) is 93.1 cm³/mol. The Hall–Kier alpha value is -1.71. The monoisotopic (exact) mass is 331 g/mol. The summed E-state index contributed by atoms with van der Waals surface area (Å²) in [5.74, 6) is 0.731. The van der Waals surface area contributed by atoms with Crippen LogP contribution in [0.15, 0.2) is 36.4 Å². The van der Waals surface area contributed by atoms with Crippen LogP contribution in [-0.2, 0) is 19.5 Å². The predicted octanol–water partition coefficient (Wildman–Crippen LogP) is 4.39. The fraction of sp³-hybridized carbons (Fsp3) is 0.368. The molecule has 0 saturated carbocycles. The van der Waals surface area contributed by atoms with Crippen LogP contribution >= 0.6 is 11.6 Å². The van der Waals surface area contributed by atoms with Gasteiger partial charge in [-0.3, -0.25) is 4.90 Å². The van der Waals surface area contributed by atoms with Crippen LogP contribution < -0.4 is 4.74 Å². The summed E-state index contributed by atoms with van der Waals surface area (Å²) in [4.78, 5) is 2.48. The van der Waals surface area contributed by atoms with Crippen LogP contribution in [0.25, 0.3) is 0 Å². The maximum Gasteiger partial charge on any atom is 0.160 e. The van der Waals surface area contributed by atoms with E-state index in [1.54, 1.807) is 13.2 Å². The van der Waals surface area contributed by atoms with E-state index in [1.165, 1.54) is 16.7 Å². The van der Waals surface area contributed by atoms with Crippen molar-refractivity contribution in [1.82, 2.24) is 4.90 Å². The topological polar surface area (TPSA) is 32.7 Å². The second-order valence-electron chi connectivity index (χ2n) is 6.21. The first kappa shape index (κ1) is 16.2. The van der Waals surface area contributed by atoms with Gasteiger partial charge in [-0.15, -0.1) is 0 Å². The average molecular weight is 332 g/mol. The number of fused-ring (bicyclic) bond motifs is 1. The van der Waals surface area contributed by atoms with Crippen LogP contribution in [0, 0.1) is 0 Å². The molecule has 1 aliphatic rings. The fourth-order valence-electron chi connectivity index (χ4n) is 3.14. The standard InChI is InChI=1S/C19H22ClNO2/c1-13(3-4-14-5-8-18(22)19(9-14)23-2)21-11-15-6-7-17(20)10-16(15)12-21/h5-10,13,22H,3-4,11-12H2,1-2H3/t13-/m1/s1. The molecule has 0 aromatic heterocycles. The van der Waals surface area contributed by atoms with Gasteiger partial charge < -0.3 is 9.84 Å². The Balaban J connectivity index is 1.59. The Morgan fingerprint density at radius 2 is 1.96 bits per heavy atom. The molecule has 1 aliphatic heterocycles. The lowest BCUT2D eigenvalue weighted by Gasteiger charge is -2.23. The van der Waals surface area contributed by atoms with Crippen molar-refractivity contribution in [2.45, 2.75) is 38.9 Å². The molecule has 1 atom stereocenters. The molecule has 1 N–H and O–H groups in total. The fourth-order valence-corrected chi connectivity index (χ4v) is 3.33. The van der Waals surface area contributed by atoms with Gasteiger partial charge in [0.2, 0.25) is 0 Å².